The zero-order valence-electron chi connectivity index (χ0n) is 13.0. The Morgan fingerprint density at radius 2 is 1.82 bits per heavy atom. The molecular formula is C18H19NO3. The van der Waals surface area contributed by atoms with E-state index in [1.165, 1.54) is 11.1 Å². The molecule has 1 amide bonds. The Morgan fingerprint density at radius 3 is 2.50 bits per heavy atom. The van der Waals surface area contributed by atoms with Crippen molar-refractivity contribution >= 4 is 11.6 Å². The second-order valence-electron chi connectivity index (χ2n) is 5.86. The average Bonchev–Trinajstić information content (AvgIpc) is 2.43. The molecule has 1 heterocycles. The summed E-state index contributed by atoms with van der Waals surface area (Å²) >= 11 is 0. The number of carbonyl (C=O) groups is 1. The Balaban J connectivity index is 1.90. The second kappa shape index (κ2) is 5.37. The van der Waals surface area contributed by atoms with Crippen LogP contribution in [0.5, 0.6) is 11.5 Å². The summed E-state index contributed by atoms with van der Waals surface area (Å²) in [5, 5.41) is 9.61. The van der Waals surface area contributed by atoms with Gasteiger partial charge in [-0.25, -0.2) is 0 Å². The van der Waals surface area contributed by atoms with Crippen molar-refractivity contribution in [3.63, 3.8) is 0 Å². The number of phenols is 1. The molecule has 0 radical (unpaired) electrons. The smallest absolute Gasteiger partial charge is 0.268 e. The number of hydrogen-bond acceptors (Lipinski definition) is 3. The molecule has 1 aliphatic heterocycles. The fraction of sp³-hybridized carbons (Fsp3) is 0.278. The third-order valence-electron chi connectivity index (χ3n) is 3.88. The minimum atomic E-state index is -0.569. The Labute approximate surface area is 130 Å². The lowest BCUT2D eigenvalue weighted by Crippen LogP contribution is -2.44. The van der Waals surface area contributed by atoms with Crippen molar-refractivity contribution in [2.75, 3.05) is 11.9 Å². The summed E-state index contributed by atoms with van der Waals surface area (Å²) in [5.74, 6) is 0.598. The highest BCUT2D eigenvalue weighted by Gasteiger charge is 2.32. The van der Waals surface area contributed by atoms with Gasteiger partial charge in [0, 0.05) is 19.5 Å². The minimum Gasteiger partial charge on any atom is -0.508 e. The van der Waals surface area contributed by atoms with Gasteiger partial charge in [0.1, 0.15) is 11.5 Å². The van der Waals surface area contributed by atoms with Gasteiger partial charge in [0.25, 0.3) is 5.91 Å². The van der Waals surface area contributed by atoms with Crippen molar-refractivity contribution in [3.05, 3.63) is 53.1 Å². The van der Waals surface area contributed by atoms with Crippen LogP contribution in [-0.2, 0) is 11.2 Å². The van der Waals surface area contributed by atoms with E-state index in [-0.39, 0.29) is 11.7 Å². The number of nitrogens with zero attached hydrogens (tertiary/aromatic N) is 1. The molecule has 0 aliphatic carbocycles. The number of carbonyl (C=O) groups excluding carboxylic acids is 1. The number of rotatable bonds is 2. The molecule has 0 fully saturated rings. The van der Waals surface area contributed by atoms with Crippen LogP contribution >= 0.6 is 0 Å². The molecule has 114 valence electrons. The molecule has 1 N–H and O–H groups in total. The zero-order valence-corrected chi connectivity index (χ0v) is 13.0. The molecule has 3 rings (SSSR count). The van der Waals surface area contributed by atoms with Gasteiger partial charge in [-0.05, 0) is 31.5 Å². The number of benzene rings is 2. The third kappa shape index (κ3) is 2.64. The van der Waals surface area contributed by atoms with Crippen LogP contribution in [-0.4, -0.2) is 24.2 Å². The minimum absolute atomic E-state index is 0.0719. The highest BCUT2D eigenvalue weighted by Crippen LogP contribution is 2.36. The lowest BCUT2D eigenvalue weighted by Gasteiger charge is -2.32. The van der Waals surface area contributed by atoms with Crippen LogP contribution in [0.15, 0.2) is 36.4 Å². The van der Waals surface area contributed by atoms with Gasteiger partial charge in [0.05, 0.1) is 5.69 Å². The lowest BCUT2D eigenvalue weighted by atomic mass is 10.0. The molecule has 0 aromatic heterocycles. The molecule has 22 heavy (non-hydrogen) atoms. The second-order valence-corrected chi connectivity index (χ2v) is 5.86. The number of amides is 1. The number of aryl methyl sites for hydroxylation is 2. The number of aromatic hydroxyl groups is 1. The summed E-state index contributed by atoms with van der Waals surface area (Å²) in [7, 11) is 1.73. The molecule has 1 unspecified atom stereocenters. The number of hydrogen-bond donors (Lipinski definition) is 1. The van der Waals surface area contributed by atoms with Crippen LogP contribution in [0.2, 0.25) is 0 Å². The highest BCUT2D eigenvalue weighted by molar-refractivity contribution is 5.99. The highest BCUT2D eigenvalue weighted by atomic mass is 16.5. The molecule has 1 aliphatic rings. The SMILES string of the molecule is Cc1cc(C)cc(CC2Oc3cc(O)ccc3N(C)C2=O)c1. The van der Waals surface area contributed by atoms with Crippen molar-refractivity contribution in [3.8, 4) is 11.5 Å². The maximum Gasteiger partial charge on any atom is 0.268 e. The summed E-state index contributed by atoms with van der Waals surface area (Å²) in [5.41, 5.74) is 4.10. The largest absolute Gasteiger partial charge is 0.508 e. The van der Waals surface area contributed by atoms with E-state index in [1.807, 2.05) is 13.8 Å². The summed E-state index contributed by atoms with van der Waals surface area (Å²) in [6.45, 7) is 4.08. The van der Waals surface area contributed by atoms with Crippen LogP contribution in [0.1, 0.15) is 16.7 Å². The summed E-state index contributed by atoms with van der Waals surface area (Å²) in [6, 6.07) is 11.0. The first-order valence-electron chi connectivity index (χ1n) is 7.28. The normalized spacial score (nSPS) is 17.1. The number of ether oxygens (including phenoxy) is 1. The fourth-order valence-electron chi connectivity index (χ4n) is 2.94. The van der Waals surface area contributed by atoms with Crippen LogP contribution in [0.3, 0.4) is 0 Å². The first kappa shape index (κ1) is 14.4. The average molecular weight is 297 g/mol. The van der Waals surface area contributed by atoms with Gasteiger partial charge in [-0.3, -0.25) is 4.79 Å². The molecular weight excluding hydrogens is 278 g/mol. The van der Waals surface area contributed by atoms with Gasteiger partial charge in [-0.2, -0.15) is 0 Å². The number of likely N-dealkylation sites (N-methyl/N-ethyl adjacent to an activating group) is 1. The van der Waals surface area contributed by atoms with Crippen molar-refractivity contribution < 1.29 is 14.6 Å². The molecule has 0 spiro atoms. The molecule has 4 heteroatoms. The monoisotopic (exact) mass is 297 g/mol. The Bertz CT molecular complexity index is 719. The topological polar surface area (TPSA) is 49.8 Å². The maximum atomic E-state index is 12.5. The number of fused-ring (bicyclic) bond motifs is 1. The van der Waals surface area contributed by atoms with Crippen LogP contribution in [0.25, 0.3) is 0 Å². The van der Waals surface area contributed by atoms with Crippen LogP contribution in [0.4, 0.5) is 5.69 Å². The van der Waals surface area contributed by atoms with Gasteiger partial charge < -0.3 is 14.7 Å². The van der Waals surface area contributed by atoms with E-state index in [2.05, 4.69) is 18.2 Å². The molecule has 2 aromatic carbocycles. The van der Waals surface area contributed by atoms with Gasteiger partial charge >= 0.3 is 0 Å². The standard InChI is InChI=1S/C18H19NO3/c1-11-6-12(2)8-13(7-11)9-17-18(21)19(3)15-5-4-14(20)10-16(15)22-17/h4-8,10,17,20H,9H2,1-3H3. The van der Waals surface area contributed by atoms with Gasteiger partial charge in [-0.1, -0.05) is 29.3 Å². The van der Waals surface area contributed by atoms with E-state index in [0.29, 0.717) is 17.9 Å². The Kier molecular flexibility index (Phi) is 3.53. The summed E-state index contributed by atoms with van der Waals surface area (Å²) < 4.78 is 5.83. The van der Waals surface area contributed by atoms with E-state index in [4.69, 9.17) is 4.74 Å². The van der Waals surface area contributed by atoms with E-state index in [1.54, 1.807) is 30.1 Å². The summed E-state index contributed by atoms with van der Waals surface area (Å²) in [4.78, 5) is 14.1. The zero-order chi connectivity index (χ0) is 15.9. The van der Waals surface area contributed by atoms with Crippen LogP contribution in [0, 0.1) is 13.8 Å². The van der Waals surface area contributed by atoms with Gasteiger partial charge in [0.2, 0.25) is 0 Å². The van der Waals surface area contributed by atoms with E-state index in [0.717, 1.165) is 5.56 Å². The number of anilines is 1. The molecule has 0 saturated heterocycles. The van der Waals surface area contributed by atoms with Crippen LogP contribution < -0.4 is 9.64 Å². The van der Waals surface area contributed by atoms with Crippen molar-refractivity contribution in [1.29, 1.82) is 0 Å². The van der Waals surface area contributed by atoms with E-state index < -0.39 is 6.10 Å². The van der Waals surface area contributed by atoms with E-state index >= 15 is 0 Å². The molecule has 4 nitrogen and oxygen atoms in total. The summed E-state index contributed by atoms with van der Waals surface area (Å²) in [6.07, 6.45) is -0.0543. The molecule has 2 aromatic rings. The van der Waals surface area contributed by atoms with Crippen molar-refractivity contribution in [1.82, 2.24) is 0 Å². The predicted molar refractivity (Wildman–Crippen MR) is 85.6 cm³/mol. The van der Waals surface area contributed by atoms with Gasteiger partial charge in [0.15, 0.2) is 6.10 Å². The van der Waals surface area contributed by atoms with Crippen molar-refractivity contribution in [2.45, 2.75) is 26.4 Å². The number of phenolic OH excluding ortho intramolecular Hbond substituents is 1. The molecule has 1 atom stereocenters. The van der Waals surface area contributed by atoms with Gasteiger partial charge in [-0.15, -0.1) is 0 Å². The lowest BCUT2D eigenvalue weighted by molar-refractivity contribution is -0.125. The molecule has 0 saturated carbocycles. The quantitative estimate of drug-likeness (QED) is 0.927. The first-order valence-corrected chi connectivity index (χ1v) is 7.28. The Morgan fingerprint density at radius 1 is 1.14 bits per heavy atom. The molecule has 0 bridgehead atoms. The van der Waals surface area contributed by atoms with E-state index in [9.17, 15) is 9.90 Å². The first-order chi connectivity index (χ1) is 10.4. The van der Waals surface area contributed by atoms with Crippen molar-refractivity contribution in [2.24, 2.45) is 0 Å². The maximum absolute atomic E-state index is 12.5. The Hall–Kier alpha value is -2.49. The third-order valence-corrected chi connectivity index (χ3v) is 3.88. The fourth-order valence-corrected chi connectivity index (χ4v) is 2.94. The predicted octanol–water partition coefficient (Wildman–Crippen LogP) is 2.98.